The van der Waals surface area contributed by atoms with E-state index >= 15 is 0 Å². The zero-order valence-corrected chi connectivity index (χ0v) is 12.0. The van der Waals surface area contributed by atoms with Gasteiger partial charge in [0.1, 0.15) is 0 Å². The Morgan fingerprint density at radius 1 is 1.25 bits per heavy atom. The van der Waals surface area contributed by atoms with Gasteiger partial charge in [-0.1, -0.05) is 30.3 Å². The lowest BCUT2D eigenvalue weighted by Gasteiger charge is -2.36. The first-order valence-electron chi connectivity index (χ1n) is 7.32. The van der Waals surface area contributed by atoms with Crippen LogP contribution in [0.2, 0.25) is 0 Å². The summed E-state index contributed by atoms with van der Waals surface area (Å²) >= 11 is 0. The highest BCUT2D eigenvalue weighted by atomic mass is 15.3. The highest BCUT2D eigenvalue weighted by Gasteiger charge is 2.23. The van der Waals surface area contributed by atoms with Crippen molar-refractivity contribution in [3.8, 4) is 0 Å². The minimum Gasteiger partial charge on any atom is -0.314 e. The molecule has 2 heterocycles. The van der Waals surface area contributed by atoms with Gasteiger partial charge < -0.3 is 5.32 Å². The summed E-state index contributed by atoms with van der Waals surface area (Å²) in [5.74, 6) is 0. The maximum Gasteiger partial charge on any atom is 0.0536 e. The summed E-state index contributed by atoms with van der Waals surface area (Å²) in [7, 11) is 0. The van der Waals surface area contributed by atoms with Gasteiger partial charge >= 0.3 is 0 Å². The molecule has 0 amide bonds. The van der Waals surface area contributed by atoms with Crippen LogP contribution in [0.3, 0.4) is 0 Å². The molecular weight excluding hydrogens is 248 g/mol. The second-order valence-corrected chi connectivity index (χ2v) is 5.45. The van der Waals surface area contributed by atoms with Gasteiger partial charge in [-0.25, -0.2) is 0 Å². The van der Waals surface area contributed by atoms with E-state index in [0.717, 1.165) is 32.7 Å². The molecule has 0 radical (unpaired) electrons. The Bertz CT molecular complexity index is 534. The number of rotatable bonds is 4. The minimum atomic E-state index is 0.474. The lowest BCUT2D eigenvalue weighted by molar-refractivity contribution is 0.154. The van der Waals surface area contributed by atoms with Crippen molar-refractivity contribution in [3.63, 3.8) is 0 Å². The Kier molecular flexibility index (Phi) is 4.14. The average Bonchev–Trinajstić information content (AvgIpc) is 2.92. The molecule has 0 bridgehead atoms. The molecular formula is C16H22N4. The first-order valence-corrected chi connectivity index (χ1v) is 7.32. The largest absolute Gasteiger partial charge is 0.314 e. The number of nitrogens with zero attached hydrogens (tertiary/aromatic N) is 3. The summed E-state index contributed by atoms with van der Waals surface area (Å²) < 4.78 is 2.04. The molecule has 2 aromatic rings. The fraction of sp³-hybridized carbons (Fsp3) is 0.438. The number of hydrogen-bond donors (Lipinski definition) is 1. The van der Waals surface area contributed by atoms with Crippen LogP contribution in [0.4, 0.5) is 0 Å². The van der Waals surface area contributed by atoms with Crippen LogP contribution in [0.1, 0.15) is 17.2 Å². The van der Waals surface area contributed by atoms with E-state index in [2.05, 4.69) is 58.8 Å². The van der Waals surface area contributed by atoms with Crippen molar-refractivity contribution in [1.82, 2.24) is 20.0 Å². The maximum atomic E-state index is 4.37. The number of nitrogens with one attached hydrogen (secondary N) is 1. The van der Waals surface area contributed by atoms with Gasteiger partial charge in [0.15, 0.2) is 0 Å². The van der Waals surface area contributed by atoms with E-state index in [-0.39, 0.29) is 0 Å². The molecule has 1 unspecified atom stereocenters. The van der Waals surface area contributed by atoms with Crippen LogP contribution in [-0.4, -0.2) is 40.9 Å². The van der Waals surface area contributed by atoms with Crippen molar-refractivity contribution in [2.45, 2.75) is 19.5 Å². The highest BCUT2D eigenvalue weighted by molar-refractivity contribution is 5.20. The van der Waals surface area contributed by atoms with Gasteiger partial charge in [-0.05, 0) is 18.1 Å². The third-order valence-electron chi connectivity index (χ3n) is 3.92. The van der Waals surface area contributed by atoms with Gasteiger partial charge in [0.2, 0.25) is 0 Å². The predicted molar refractivity (Wildman–Crippen MR) is 80.6 cm³/mol. The smallest absolute Gasteiger partial charge is 0.0536 e. The number of aryl methyl sites for hydroxylation is 1. The Labute approximate surface area is 120 Å². The summed E-state index contributed by atoms with van der Waals surface area (Å²) in [5, 5.41) is 7.87. The van der Waals surface area contributed by atoms with E-state index < -0.39 is 0 Å². The minimum absolute atomic E-state index is 0.474. The molecule has 20 heavy (non-hydrogen) atoms. The van der Waals surface area contributed by atoms with E-state index in [4.69, 9.17) is 0 Å². The fourth-order valence-corrected chi connectivity index (χ4v) is 2.84. The van der Waals surface area contributed by atoms with E-state index in [0.29, 0.717) is 6.04 Å². The second kappa shape index (κ2) is 6.20. The number of aromatic nitrogens is 2. The molecule has 1 fully saturated rings. The van der Waals surface area contributed by atoms with Gasteiger partial charge in [0.25, 0.3) is 0 Å². The predicted octanol–water partition coefficient (Wildman–Crippen LogP) is 1.84. The first kappa shape index (κ1) is 13.3. The first-order chi connectivity index (χ1) is 9.83. The van der Waals surface area contributed by atoms with Crippen LogP contribution in [0, 0.1) is 6.92 Å². The van der Waals surface area contributed by atoms with Gasteiger partial charge in [-0.15, -0.1) is 0 Å². The standard InChI is InChI=1S/C16H22N4/c1-14-11-18-20(13-14)10-9-19-8-7-17-12-16(19)15-5-3-2-4-6-15/h2-6,11,13,16-17H,7-10,12H2,1H3. The molecule has 1 aliphatic heterocycles. The zero-order chi connectivity index (χ0) is 13.8. The van der Waals surface area contributed by atoms with E-state index in [1.54, 1.807) is 0 Å². The van der Waals surface area contributed by atoms with Crippen molar-refractivity contribution in [2.75, 3.05) is 26.2 Å². The number of hydrogen-bond acceptors (Lipinski definition) is 3. The second-order valence-electron chi connectivity index (χ2n) is 5.45. The molecule has 0 aliphatic carbocycles. The molecule has 106 valence electrons. The molecule has 4 heteroatoms. The molecule has 3 rings (SSSR count). The lowest BCUT2D eigenvalue weighted by Crippen LogP contribution is -2.47. The average molecular weight is 270 g/mol. The van der Waals surface area contributed by atoms with Crippen molar-refractivity contribution < 1.29 is 0 Å². The Hall–Kier alpha value is -1.65. The molecule has 0 spiro atoms. The molecule has 0 saturated carbocycles. The Morgan fingerprint density at radius 3 is 2.85 bits per heavy atom. The molecule has 1 saturated heterocycles. The van der Waals surface area contributed by atoms with Crippen LogP contribution in [0.5, 0.6) is 0 Å². The normalized spacial score (nSPS) is 20.1. The van der Waals surface area contributed by atoms with Crippen molar-refractivity contribution in [2.24, 2.45) is 0 Å². The summed E-state index contributed by atoms with van der Waals surface area (Å²) in [6.07, 6.45) is 4.03. The fourth-order valence-electron chi connectivity index (χ4n) is 2.84. The van der Waals surface area contributed by atoms with Gasteiger partial charge in [0.05, 0.1) is 12.7 Å². The maximum absolute atomic E-state index is 4.37. The number of piperazine rings is 1. The van der Waals surface area contributed by atoms with Crippen LogP contribution in [0.25, 0.3) is 0 Å². The Balaban J connectivity index is 1.66. The van der Waals surface area contributed by atoms with E-state index in [1.807, 2.05) is 10.9 Å². The quantitative estimate of drug-likeness (QED) is 0.920. The van der Waals surface area contributed by atoms with Crippen LogP contribution >= 0.6 is 0 Å². The lowest BCUT2D eigenvalue weighted by atomic mass is 10.0. The number of benzene rings is 1. The third-order valence-corrected chi connectivity index (χ3v) is 3.92. The molecule has 1 aliphatic rings. The van der Waals surface area contributed by atoms with Gasteiger partial charge in [0, 0.05) is 38.4 Å². The van der Waals surface area contributed by atoms with Crippen LogP contribution in [-0.2, 0) is 6.54 Å². The highest BCUT2D eigenvalue weighted by Crippen LogP contribution is 2.21. The molecule has 1 aromatic carbocycles. The Morgan fingerprint density at radius 2 is 2.10 bits per heavy atom. The monoisotopic (exact) mass is 270 g/mol. The molecule has 1 aromatic heterocycles. The van der Waals surface area contributed by atoms with Crippen LogP contribution in [0.15, 0.2) is 42.7 Å². The van der Waals surface area contributed by atoms with Crippen molar-refractivity contribution >= 4 is 0 Å². The topological polar surface area (TPSA) is 33.1 Å². The zero-order valence-electron chi connectivity index (χ0n) is 12.0. The SMILES string of the molecule is Cc1cnn(CCN2CCNCC2c2ccccc2)c1. The van der Waals surface area contributed by atoms with Crippen LogP contribution < -0.4 is 5.32 Å². The molecule has 1 N–H and O–H groups in total. The summed E-state index contributed by atoms with van der Waals surface area (Å²) in [4.78, 5) is 2.56. The van der Waals surface area contributed by atoms with Crippen molar-refractivity contribution in [1.29, 1.82) is 0 Å². The third kappa shape index (κ3) is 3.08. The van der Waals surface area contributed by atoms with Gasteiger partial charge in [-0.3, -0.25) is 9.58 Å². The summed E-state index contributed by atoms with van der Waals surface area (Å²) in [6.45, 7) is 7.28. The summed E-state index contributed by atoms with van der Waals surface area (Å²) in [6, 6.07) is 11.3. The molecule has 4 nitrogen and oxygen atoms in total. The van der Waals surface area contributed by atoms with E-state index in [9.17, 15) is 0 Å². The van der Waals surface area contributed by atoms with Gasteiger partial charge in [-0.2, -0.15) is 5.10 Å². The van der Waals surface area contributed by atoms with E-state index in [1.165, 1.54) is 11.1 Å². The summed E-state index contributed by atoms with van der Waals surface area (Å²) in [5.41, 5.74) is 2.63. The van der Waals surface area contributed by atoms with Crippen molar-refractivity contribution in [3.05, 3.63) is 53.9 Å². The molecule has 1 atom stereocenters.